The molecule has 0 saturated carbocycles. The van der Waals surface area contributed by atoms with Crippen molar-refractivity contribution in [1.29, 1.82) is 4.78 Å². The fraction of sp³-hybridized carbons (Fsp3) is 0.889. The Bertz CT molecular complexity index is 350. The van der Waals surface area contributed by atoms with Crippen molar-refractivity contribution in [2.45, 2.75) is 31.6 Å². The number of carbonyl (C=O) groups excluding carboxylic acids is 1. The van der Waals surface area contributed by atoms with Gasteiger partial charge in [0.25, 0.3) is 0 Å². The lowest BCUT2D eigenvalue weighted by Crippen LogP contribution is -2.57. The van der Waals surface area contributed by atoms with Crippen molar-refractivity contribution in [3.63, 3.8) is 0 Å². The number of hydrogen-bond donors (Lipinski definition) is 1. The van der Waals surface area contributed by atoms with Crippen LogP contribution in [0.4, 0.5) is 4.79 Å². The third-order valence-electron chi connectivity index (χ3n) is 2.14. The molecule has 1 amide bonds. The summed E-state index contributed by atoms with van der Waals surface area (Å²) in [7, 11) is -2.53. The van der Waals surface area contributed by atoms with Gasteiger partial charge in [0.15, 0.2) is 0 Å². The van der Waals surface area contributed by atoms with Crippen LogP contribution >= 0.6 is 0 Å². The van der Waals surface area contributed by atoms with Gasteiger partial charge in [0.2, 0.25) is 0 Å². The summed E-state index contributed by atoms with van der Waals surface area (Å²) in [5.41, 5.74) is -0.503. The highest BCUT2D eigenvalue weighted by Crippen LogP contribution is 2.19. The maximum Gasteiger partial charge on any atom is 0.410 e. The minimum absolute atomic E-state index is 0.204. The highest BCUT2D eigenvalue weighted by Gasteiger charge is 2.37. The number of nitrogens with one attached hydrogen (secondary N) is 1. The minimum Gasteiger partial charge on any atom is -0.444 e. The standard InChI is InChI=1S/C9H18N2O3S/c1-9(2,3)14-8(12)11-5-7(6-11)15(4,10)13/h7,10H,5-6H2,1-4H3. The van der Waals surface area contributed by atoms with Gasteiger partial charge in [0.05, 0.1) is 5.25 Å². The number of likely N-dealkylation sites (tertiary alicyclic amines) is 1. The molecule has 1 fully saturated rings. The Morgan fingerprint density at radius 3 is 2.27 bits per heavy atom. The first-order valence-electron chi connectivity index (χ1n) is 4.80. The van der Waals surface area contributed by atoms with Crippen LogP contribution in [0.1, 0.15) is 20.8 Å². The second-order valence-electron chi connectivity index (χ2n) is 4.91. The van der Waals surface area contributed by atoms with Crippen molar-refractivity contribution in [1.82, 2.24) is 4.90 Å². The van der Waals surface area contributed by atoms with Crippen molar-refractivity contribution in [2.75, 3.05) is 19.3 Å². The smallest absolute Gasteiger partial charge is 0.410 e. The van der Waals surface area contributed by atoms with Gasteiger partial charge in [-0.2, -0.15) is 0 Å². The van der Waals surface area contributed by atoms with Crippen LogP contribution in [0.15, 0.2) is 0 Å². The number of ether oxygens (including phenoxy) is 1. The maximum atomic E-state index is 11.5. The van der Waals surface area contributed by atoms with Crippen molar-refractivity contribution in [2.24, 2.45) is 0 Å². The number of carbonyl (C=O) groups is 1. The SMILES string of the molecule is CC(C)(C)OC(=O)N1CC(S(C)(=N)=O)C1. The first kappa shape index (κ1) is 12.3. The molecule has 6 heteroatoms. The Kier molecular flexibility index (Phi) is 3.00. The number of rotatable bonds is 1. The topological polar surface area (TPSA) is 70.5 Å². The lowest BCUT2D eigenvalue weighted by Gasteiger charge is -2.39. The van der Waals surface area contributed by atoms with Crippen LogP contribution in [-0.2, 0) is 14.5 Å². The van der Waals surface area contributed by atoms with Gasteiger partial charge in [-0.1, -0.05) is 0 Å². The van der Waals surface area contributed by atoms with Crippen molar-refractivity contribution < 1.29 is 13.7 Å². The molecular formula is C9H18N2O3S. The minimum atomic E-state index is -2.53. The van der Waals surface area contributed by atoms with E-state index in [1.807, 2.05) is 0 Å². The summed E-state index contributed by atoms with van der Waals surface area (Å²) >= 11 is 0. The summed E-state index contributed by atoms with van der Waals surface area (Å²) < 4.78 is 23.8. The van der Waals surface area contributed by atoms with Gasteiger partial charge < -0.3 is 9.64 Å². The summed E-state index contributed by atoms with van der Waals surface area (Å²) in [6.45, 7) is 6.14. The maximum absolute atomic E-state index is 11.5. The molecule has 1 saturated heterocycles. The van der Waals surface area contributed by atoms with Gasteiger partial charge in [-0.05, 0) is 20.8 Å². The molecule has 0 aromatic rings. The van der Waals surface area contributed by atoms with Crippen LogP contribution in [0.3, 0.4) is 0 Å². The largest absolute Gasteiger partial charge is 0.444 e. The van der Waals surface area contributed by atoms with Crippen LogP contribution in [0.25, 0.3) is 0 Å². The second-order valence-corrected chi connectivity index (χ2v) is 7.39. The molecule has 1 aliphatic heterocycles. The van der Waals surface area contributed by atoms with Crippen LogP contribution in [0, 0.1) is 4.78 Å². The fourth-order valence-corrected chi connectivity index (χ4v) is 2.13. The molecular weight excluding hydrogens is 216 g/mol. The predicted molar refractivity (Wildman–Crippen MR) is 58.4 cm³/mol. The zero-order valence-corrected chi connectivity index (χ0v) is 10.4. The van der Waals surface area contributed by atoms with Gasteiger partial charge >= 0.3 is 6.09 Å². The Morgan fingerprint density at radius 1 is 1.47 bits per heavy atom. The Labute approximate surface area is 90.8 Å². The molecule has 0 spiro atoms. The number of amides is 1. The molecule has 1 atom stereocenters. The quantitative estimate of drug-likeness (QED) is 0.743. The third kappa shape index (κ3) is 3.37. The van der Waals surface area contributed by atoms with E-state index in [9.17, 15) is 9.00 Å². The second kappa shape index (κ2) is 3.66. The molecule has 88 valence electrons. The van der Waals surface area contributed by atoms with Gasteiger partial charge in [-0.3, -0.25) is 4.78 Å². The van der Waals surface area contributed by atoms with Crippen molar-refractivity contribution >= 4 is 15.8 Å². The van der Waals surface area contributed by atoms with Crippen LogP contribution in [0.2, 0.25) is 0 Å². The Balaban J connectivity index is 2.43. The van der Waals surface area contributed by atoms with Crippen molar-refractivity contribution in [3.8, 4) is 0 Å². The van der Waals surface area contributed by atoms with Gasteiger partial charge in [0, 0.05) is 29.1 Å². The summed E-state index contributed by atoms with van der Waals surface area (Å²) in [4.78, 5) is 12.9. The summed E-state index contributed by atoms with van der Waals surface area (Å²) in [5.74, 6) is 0. The predicted octanol–water partition coefficient (Wildman–Crippen LogP) is 1.28. The first-order valence-corrected chi connectivity index (χ1v) is 6.83. The van der Waals surface area contributed by atoms with Gasteiger partial charge in [-0.15, -0.1) is 0 Å². The molecule has 5 nitrogen and oxygen atoms in total. The fourth-order valence-electron chi connectivity index (χ4n) is 1.20. The average molecular weight is 234 g/mol. The molecule has 1 heterocycles. The molecule has 1 rings (SSSR count). The summed E-state index contributed by atoms with van der Waals surface area (Å²) in [5, 5.41) is -0.204. The normalized spacial score (nSPS) is 21.7. The highest BCUT2D eigenvalue weighted by atomic mass is 32.2. The van der Waals surface area contributed by atoms with Gasteiger partial charge in [-0.25, -0.2) is 9.00 Å². The summed E-state index contributed by atoms with van der Waals surface area (Å²) in [6, 6.07) is 0. The van der Waals surface area contributed by atoms with Crippen molar-refractivity contribution in [3.05, 3.63) is 0 Å². The zero-order valence-electron chi connectivity index (χ0n) is 9.57. The van der Waals surface area contributed by atoms with E-state index in [4.69, 9.17) is 9.52 Å². The molecule has 0 aromatic heterocycles. The van der Waals surface area contributed by atoms with E-state index in [1.54, 1.807) is 20.8 Å². The number of nitrogens with zero attached hydrogens (tertiary/aromatic N) is 1. The number of hydrogen-bond acceptors (Lipinski definition) is 4. The molecule has 1 aliphatic rings. The molecule has 0 aromatic carbocycles. The Morgan fingerprint density at radius 2 is 1.93 bits per heavy atom. The molecule has 1 N–H and O–H groups in total. The van der Waals surface area contributed by atoms with E-state index in [1.165, 1.54) is 11.2 Å². The van der Waals surface area contributed by atoms with Crippen LogP contribution < -0.4 is 0 Å². The third-order valence-corrected chi connectivity index (χ3v) is 3.71. The molecule has 0 radical (unpaired) electrons. The monoisotopic (exact) mass is 234 g/mol. The molecule has 0 bridgehead atoms. The first-order chi connectivity index (χ1) is 6.59. The van der Waals surface area contributed by atoms with E-state index in [0.29, 0.717) is 13.1 Å². The average Bonchev–Trinajstić information content (AvgIpc) is 1.72. The van der Waals surface area contributed by atoms with E-state index >= 15 is 0 Å². The Hall–Kier alpha value is -0.780. The lowest BCUT2D eigenvalue weighted by molar-refractivity contribution is 0.0141. The lowest BCUT2D eigenvalue weighted by atomic mass is 10.2. The van der Waals surface area contributed by atoms with Crippen LogP contribution in [-0.4, -0.2) is 45.4 Å². The van der Waals surface area contributed by atoms with E-state index in [2.05, 4.69) is 0 Å². The van der Waals surface area contributed by atoms with E-state index < -0.39 is 15.3 Å². The van der Waals surface area contributed by atoms with E-state index in [-0.39, 0.29) is 11.3 Å². The highest BCUT2D eigenvalue weighted by molar-refractivity contribution is 7.92. The molecule has 0 aliphatic carbocycles. The van der Waals surface area contributed by atoms with Crippen LogP contribution in [0.5, 0.6) is 0 Å². The zero-order chi connectivity index (χ0) is 11.9. The van der Waals surface area contributed by atoms with E-state index in [0.717, 1.165) is 0 Å². The molecule has 15 heavy (non-hydrogen) atoms. The summed E-state index contributed by atoms with van der Waals surface area (Å²) in [6.07, 6.45) is 1.02. The van der Waals surface area contributed by atoms with Gasteiger partial charge in [0.1, 0.15) is 5.60 Å². The molecule has 1 unspecified atom stereocenters.